The molecule has 0 atom stereocenters. The van der Waals surface area contributed by atoms with Gasteiger partial charge in [0.1, 0.15) is 5.60 Å². The van der Waals surface area contributed by atoms with Crippen LogP contribution in [0.25, 0.3) is 0 Å². The lowest BCUT2D eigenvalue weighted by molar-refractivity contribution is 0.0106. The van der Waals surface area contributed by atoms with Crippen molar-refractivity contribution in [2.45, 2.75) is 50.5 Å². The van der Waals surface area contributed by atoms with Crippen LogP contribution in [-0.2, 0) is 10.3 Å². The highest BCUT2D eigenvalue weighted by Gasteiger charge is 2.37. The Morgan fingerprint density at radius 3 is 1.40 bits per heavy atom. The van der Waals surface area contributed by atoms with Gasteiger partial charge < -0.3 is 4.74 Å². The smallest absolute Gasteiger partial charge is 0.143 e. The molecule has 3 aromatic rings. The first-order valence-corrected chi connectivity index (χ1v) is 11.1. The molecule has 3 aromatic carbocycles. The monoisotopic (exact) mass is 396 g/mol. The van der Waals surface area contributed by atoms with Gasteiger partial charge in [-0.1, -0.05) is 117 Å². The first-order valence-electron chi connectivity index (χ1n) is 11.1. The van der Waals surface area contributed by atoms with Gasteiger partial charge in [0.05, 0.1) is 0 Å². The molecule has 0 amide bonds. The van der Waals surface area contributed by atoms with Crippen LogP contribution in [0.15, 0.2) is 91.0 Å². The van der Waals surface area contributed by atoms with E-state index in [9.17, 15) is 0 Å². The van der Waals surface area contributed by atoms with Crippen LogP contribution in [0.1, 0.15) is 61.6 Å². The van der Waals surface area contributed by atoms with Gasteiger partial charge in [0, 0.05) is 13.0 Å². The molecule has 0 heterocycles. The molecule has 0 fully saturated rings. The van der Waals surface area contributed by atoms with Crippen molar-refractivity contribution < 1.29 is 4.74 Å². The fourth-order valence-corrected chi connectivity index (χ4v) is 4.03. The summed E-state index contributed by atoms with van der Waals surface area (Å²) in [5.74, 6) is 2.72. The normalized spacial score (nSPS) is 11.2. The van der Waals surface area contributed by atoms with Gasteiger partial charge in [-0.15, -0.1) is 12.3 Å². The van der Waals surface area contributed by atoms with E-state index in [-0.39, 0.29) is 0 Å². The first-order chi connectivity index (χ1) is 14.9. The van der Waals surface area contributed by atoms with Crippen LogP contribution in [0.4, 0.5) is 0 Å². The maximum absolute atomic E-state index is 6.81. The standard InChI is InChI=1S/C29H32O/c1-2-3-4-5-6-7-8-18-25-30-29(26-19-12-9-13-20-26,27-21-14-10-15-22-27)28-23-16-11-17-24-28/h1,9-17,19-24H,3-8,18,25H2. The Labute approximate surface area is 182 Å². The molecule has 154 valence electrons. The number of unbranched alkanes of at least 4 members (excludes halogenated alkanes) is 6. The summed E-state index contributed by atoms with van der Waals surface area (Å²) in [6.07, 6.45) is 13.3. The number of hydrogen-bond donors (Lipinski definition) is 0. The minimum Gasteiger partial charge on any atom is -0.361 e. The van der Waals surface area contributed by atoms with E-state index in [0.29, 0.717) is 0 Å². The Hall–Kier alpha value is -2.82. The highest BCUT2D eigenvalue weighted by Crippen LogP contribution is 2.40. The molecule has 0 N–H and O–H groups in total. The van der Waals surface area contributed by atoms with Gasteiger partial charge in [-0.25, -0.2) is 0 Å². The largest absolute Gasteiger partial charge is 0.361 e. The fourth-order valence-electron chi connectivity index (χ4n) is 4.03. The first kappa shape index (κ1) is 21.9. The average Bonchev–Trinajstić information content (AvgIpc) is 2.82. The predicted molar refractivity (Wildman–Crippen MR) is 126 cm³/mol. The van der Waals surface area contributed by atoms with Crippen LogP contribution in [-0.4, -0.2) is 6.61 Å². The van der Waals surface area contributed by atoms with E-state index in [0.717, 1.165) is 42.6 Å². The minimum atomic E-state index is -0.601. The minimum absolute atomic E-state index is 0.601. The molecule has 0 radical (unpaired) electrons. The van der Waals surface area contributed by atoms with Crippen molar-refractivity contribution in [1.82, 2.24) is 0 Å². The van der Waals surface area contributed by atoms with E-state index in [2.05, 4.69) is 96.9 Å². The Morgan fingerprint density at radius 2 is 0.967 bits per heavy atom. The number of terminal acetylenes is 1. The molecule has 1 heteroatoms. The fraction of sp³-hybridized carbons (Fsp3) is 0.310. The van der Waals surface area contributed by atoms with Crippen LogP contribution in [0, 0.1) is 12.3 Å². The molecule has 0 bridgehead atoms. The van der Waals surface area contributed by atoms with Crippen LogP contribution in [0.3, 0.4) is 0 Å². The molecule has 0 saturated carbocycles. The van der Waals surface area contributed by atoms with Crippen molar-refractivity contribution in [3.63, 3.8) is 0 Å². The lowest BCUT2D eigenvalue weighted by Crippen LogP contribution is -2.33. The molecule has 0 unspecified atom stereocenters. The van der Waals surface area contributed by atoms with Crippen LogP contribution < -0.4 is 0 Å². The van der Waals surface area contributed by atoms with Crippen molar-refractivity contribution in [1.29, 1.82) is 0 Å². The summed E-state index contributed by atoms with van der Waals surface area (Å²) in [5.41, 5.74) is 2.89. The third-order valence-corrected chi connectivity index (χ3v) is 5.57. The Bertz CT molecular complexity index is 781. The zero-order valence-electron chi connectivity index (χ0n) is 17.8. The van der Waals surface area contributed by atoms with Crippen molar-refractivity contribution in [2.75, 3.05) is 6.61 Å². The van der Waals surface area contributed by atoms with E-state index in [1.807, 2.05) is 0 Å². The maximum atomic E-state index is 6.81. The summed E-state index contributed by atoms with van der Waals surface area (Å²) in [6.45, 7) is 0.725. The zero-order chi connectivity index (χ0) is 20.9. The second-order valence-corrected chi connectivity index (χ2v) is 7.70. The van der Waals surface area contributed by atoms with Gasteiger partial charge >= 0.3 is 0 Å². The second kappa shape index (κ2) is 12.0. The molecule has 0 saturated heterocycles. The topological polar surface area (TPSA) is 9.23 Å². The van der Waals surface area contributed by atoms with E-state index in [1.165, 1.54) is 25.7 Å². The maximum Gasteiger partial charge on any atom is 0.143 e. The summed E-state index contributed by atoms with van der Waals surface area (Å²) in [7, 11) is 0. The van der Waals surface area contributed by atoms with Crippen molar-refractivity contribution in [2.24, 2.45) is 0 Å². The quantitative estimate of drug-likeness (QED) is 0.176. The summed E-state index contributed by atoms with van der Waals surface area (Å²) >= 11 is 0. The zero-order valence-corrected chi connectivity index (χ0v) is 17.8. The summed E-state index contributed by atoms with van der Waals surface area (Å²) in [5, 5.41) is 0. The molecular formula is C29H32O. The van der Waals surface area contributed by atoms with Crippen LogP contribution in [0.5, 0.6) is 0 Å². The molecule has 0 aliphatic heterocycles. The van der Waals surface area contributed by atoms with Gasteiger partial charge in [-0.2, -0.15) is 0 Å². The van der Waals surface area contributed by atoms with E-state index in [1.54, 1.807) is 0 Å². The van der Waals surface area contributed by atoms with Gasteiger partial charge in [-0.05, 0) is 29.5 Å². The predicted octanol–water partition coefficient (Wildman–Crippen LogP) is 7.36. The van der Waals surface area contributed by atoms with Gasteiger partial charge in [-0.3, -0.25) is 0 Å². The van der Waals surface area contributed by atoms with E-state index < -0.39 is 5.60 Å². The van der Waals surface area contributed by atoms with Crippen molar-refractivity contribution in [3.05, 3.63) is 108 Å². The summed E-state index contributed by atoms with van der Waals surface area (Å²) < 4.78 is 6.81. The Balaban J connectivity index is 1.77. The molecule has 1 nitrogen and oxygen atoms in total. The molecule has 3 rings (SSSR count). The average molecular weight is 397 g/mol. The van der Waals surface area contributed by atoms with E-state index >= 15 is 0 Å². The third kappa shape index (κ3) is 5.62. The highest BCUT2D eigenvalue weighted by molar-refractivity contribution is 5.47. The molecule has 0 aromatic heterocycles. The lowest BCUT2D eigenvalue weighted by atomic mass is 9.80. The lowest BCUT2D eigenvalue weighted by Gasteiger charge is -2.36. The highest BCUT2D eigenvalue weighted by atomic mass is 16.5. The summed E-state index contributed by atoms with van der Waals surface area (Å²) in [6, 6.07) is 31.8. The summed E-state index contributed by atoms with van der Waals surface area (Å²) in [4.78, 5) is 0. The van der Waals surface area contributed by atoms with Crippen LogP contribution in [0.2, 0.25) is 0 Å². The number of rotatable bonds is 12. The van der Waals surface area contributed by atoms with Gasteiger partial charge in [0.2, 0.25) is 0 Å². The number of ether oxygens (including phenoxy) is 1. The van der Waals surface area contributed by atoms with Gasteiger partial charge in [0.15, 0.2) is 0 Å². The van der Waals surface area contributed by atoms with Crippen molar-refractivity contribution in [3.8, 4) is 12.3 Å². The molecule has 0 spiro atoms. The molecule has 0 aliphatic carbocycles. The number of benzene rings is 3. The van der Waals surface area contributed by atoms with Gasteiger partial charge in [0.25, 0.3) is 0 Å². The molecule has 0 aliphatic rings. The van der Waals surface area contributed by atoms with Crippen LogP contribution >= 0.6 is 0 Å². The number of hydrogen-bond acceptors (Lipinski definition) is 1. The van der Waals surface area contributed by atoms with E-state index in [4.69, 9.17) is 11.2 Å². The Morgan fingerprint density at radius 1 is 0.567 bits per heavy atom. The third-order valence-electron chi connectivity index (χ3n) is 5.57. The van der Waals surface area contributed by atoms with Crippen molar-refractivity contribution >= 4 is 0 Å². The second-order valence-electron chi connectivity index (χ2n) is 7.70. The Kier molecular flexibility index (Phi) is 8.76. The SMILES string of the molecule is C#CCCCCCCCCOC(c1ccccc1)(c1ccccc1)c1ccccc1. The molecular weight excluding hydrogens is 364 g/mol. The molecule has 30 heavy (non-hydrogen) atoms.